The lowest BCUT2D eigenvalue weighted by atomic mass is 9.91. The van der Waals surface area contributed by atoms with Gasteiger partial charge in [-0.1, -0.05) is 229 Å². The fourth-order valence-corrected chi connectivity index (χ4v) is 10.2. The highest BCUT2D eigenvalue weighted by Gasteiger charge is 2.41. The van der Waals surface area contributed by atoms with Crippen molar-refractivity contribution in [2.45, 2.75) is 212 Å². The summed E-state index contributed by atoms with van der Waals surface area (Å²) < 4.78 is 25.2. The number of rotatable bonds is 35. The molecule has 0 heterocycles. The highest BCUT2D eigenvalue weighted by Crippen LogP contribution is 2.27. The first-order valence-corrected chi connectivity index (χ1v) is 32.6. The third-order valence-electron chi connectivity index (χ3n) is 16.2. The lowest BCUT2D eigenvalue weighted by Crippen LogP contribution is -2.47. The normalized spacial score (nSPS) is 15.7. The molecule has 0 saturated carbocycles. The van der Waals surface area contributed by atoms with E-state index in [1.165, 1.54) is 22.3 Å². The minimum absolute atomic E-state index is 0.00599. The van der Waals surface area contributed by atoms with Crippen LogP contribution in [0.4, 0.5) is 0 Å². The van der Waals surface area contributed by atoms with Crippen molar-refractivity contribution in [1.29, 1.82) is 0 Å². The van der Waals surface area contributed by atoms with Gasteiger partial charge in [-0.25, -0.2) is 19.2 Å². The third kappa shape index (κ3) is 24.8. The highest BCUT2D eigenvalue weighted by molar-refractivity contribution is 5.88. The molecule has 12 nitrogen and oxygen atoms in total. The van der Waals surface area contributed by atoms with E-state index in [9.17, 15) is 19.2 Å². The van der Waals surface area contributed by atoms with E-state index in [2.05, 4.69) is 173 Å². The molecule has 12 heteroatoms. The molecule has 0 spiro atoms. The van der Waals surface area contributed by atoms with E-state index in [-0.39, 0.29) is 41.4 Å². The van der Waals surface area contributed by atoms with Gasteiger partial charge in [-0.2, -0.15) is 0 Å². The summed E-state index contributed by atoms with van der Waals surface area (Å²) in [7, 11) is 0. The average molecular weight is 1210 g/mol. The fraction of sp³-hybridized carbons (Fsp3) is 0.579. The molecule has 0 saturated heterocycles. The Kier molecular flexibility index (Phi) is 30.4. The maximum absolute atomic E-state index is 14.6. The van der Waals surface area contributed by atoms with Gasteiger partial charge in [-0.3, -0.25) is 20.0 Å². The first kappa shape index (κ1) is 73.9. The summed E-state index contributed by atoms with van der Waals surface area (Å²) >= 11 is 0. The van der Waals surface area contributed by atoms with E-state index in [4.69, 9.17) is 38.9 Å². The first-order valence-electron chi connectivity index (χ1n) is 32.6. The molecule has 4 aromatic rings. The predicted octanol–water partition coefficient (Wildman–Crippen LogP) is 16.3. The van der Waals surface area contributed by atoms with Crippen LogP contribution in [-0.2, 0) is 63.8 Å². The summed E-state index contributed by atoms with van der Waals surface area (Å²) in [5.41, 5.74) is 8.68. The fourth-order valence-electron chi connectivity index (χ4n) is 10.2. The van der Waals surface area contributed by atoms with Crippen LogP contribution in [-0.4, -0.2) is 98.8 Å². The number of hydrogen-bond donors (Lipinski definition) is 0. The van der Waals surface area contributed by atoms with Crippen LogP contribution in [0.15, 0.2) is 117 Å². The number of aliphatic imine (C=N–C) groups is 4. The van der Waals surface area contributed by atoms with Crippen molar-refractivity contribution in [3.8, 4) is 0 Å². The Labute approximate surface area is 530 Å². The number of hydrogen-bond acceptors (Lipinski definition) is 12. The zero-order chi connectivity index (χ0) is 65.4. The molecule has 7 unspecified atom stereocenters. The Hall–Kier alpha value is -6.56. The summed E-state index contributed by atoms with van der Waals surface area (Å²) in [4.78, 5) is 77.7. The molecule has 0 amide bonds. The number of ether oxygens (including phenoxy) is 4. The van der Waals surface area contributed by atoms with Crippen LogP contribution in [0.3, 0.4) is 0 Å². The number of carbonyl (C=O) groups excluding carboxylic acids is 4. The number of benzene rings is 4. The topological polar surface area (TPSA) is 155 Å². The van der Waals surface area contributed by atoms with Crippen LogP contribution < -0.4 is 0 Å². The third-order valence-corrected chi connectivity index (χ3v) is 16.2. The molecule has 7 atom stereocenters. The zero-order valence-corrected chi connectivity index (χ0v) is 57.3. The molecule has 4 rings (SSSR count). The first-order chi connectivity index (χ1) is 41.5. The Morgan fingerprint density at radius 1 is 0.352 bits per heavy atom. The Bertz CT molecular complexity index is 2640. The highest BCUT2D eigenvalue weighted by atomic mass is 16.6. The standard InChI is InChI=1S/C76H110N4O8/c1-48(2)64-29-21-60(22-30-64)37-56(17)41-77-68(52(9)10)72(81)85-44-76(47-88-75(84)71(55(15)16)80-59(20)40-63-27-35-67(36-28-63)51(7)8,45-86-73(82)69(53(11)12)78-42-57(18)38-61-23-31-65(32-24-61)49(3)4)46-87-74(83)70(54(13)14)79-43-58(19)39-62-25-33-66(34-26-62)50(5)6/h21-36,41-43,48-58,68-71H,37-40,44-47H2,1-20H3. The minimum Gasteiger partial charge on any atom is -0.463 e. The van der Waals surface area contributed by atoms with Gasteiger partial charge in [0.05, 0.1) is 0 Å². The Balaban J connectivity index is 1.75. The van der Waals surface area contributed by atoms with Gasteiger partial charge in [-0.15, -0.1) is 0 Å². The lowest BCUT2D eigenvalue weighted by molar-refractivity contribution is -0.173. The zero-order valence-electron chi connectivity index (χ0n) is 57.3. The van der Waals surface area contributed by atoms with Gasteiger partial charge in [0.2, 0.25) is 0 Å². The van der Waals surface area contributed by atoms with Crippen LogP contribution in [0.2, 0.25) is 0 Å². The van der Waals surface area contributed by atoms with Crippen molar-refractivity contribution in [2.24, 2.45) is 66.8 Å². The van der Waals surface area contributed by atoms with Crippen molar-refractivity contribution in [1.82, 2.24) is 0 Å². The molecule has 88 heavy (non-hydrogen) atoms. The van der Waals surface area contributed by atoms with Gasteiger partial charge in [-0.05, 0) is 136 Å². The summed E-state index contributed by atoms with van der Waals surface area (Å²) in [6, 6.07) is 30.5. The average Bonchev–Trinajstić information content (AvgIpc) is 3.55. The predicted molar refractivity (Wildman–Crippen MR) is 364 cm³/mol. The molecule has 0 aliphatic carbocycles. The van der Waals surface area contributed by atoms with Gasteiger partial charge in [0.25, 0.3) is 0 Å². The van der Waals surface area contributed by atoms with Crippen LogP contribution >= 0.6 is 0 Å². The molecule has 0 aromatic heterocycles. The minimum atomic E-state index is -1.63. The summed E-state index contributed by atoms with van der Waals surface area (Å²) in [5.74, 6) is -2.01. The SMILES string of the molecule is CC(Cc1ccc(C(C)C)cc1)=NC(C(=O)OCC(COC(=O)C(N=CC(C)Cc1ccc(C(C)C)cc1)C(C)C)(COC(=O)C(N=CC(C)Cc1ccc(C(C)C)cc1)C(C)C)COC(=O)C(N=CC(C)Cc1ccc(C(C)C)cc1)C(C)C)C(C)C. The van der Waals surface area contributed by atoms with Crippen molar-refractivity contribution in [2.75, 3.05) is 26.4 Å². The molecule has 0 radical (unpaired) electrons. The maximum Gasteiger partial charge on any atom is 0.331 e. The van der Waals surface area contributed by atoms with Gasteiger partial charge in [0.15, 0.2) is 0 Å². The van der Waals surface area contributed by atoms with E-state index < -0.39 is 79.9 Å². The molecule has 0 aliphatic rings. The van der Waals surface area contributed by atoms with E-state index in [0.29, 0.717) is 30.1 Å². The Morgan fingerprint density at radius 3 is 0.807 bits per heavy atom. The smallest absolute Gasteiger partial charge is 0.331 e. The van der Waals surface area contributed by atoms with Crippen molar-refractivity contribution in [3.63, 3.8) is 0 Å². The van der Waals surface area contributed by atoms with Gasteiger partial charge < -0.3 is 18.9 Å². The molecular weight excluding hydrogens is 1100 g/mol. The Morgan fingerprint density at radius 2 is 0.580 bits per heavy atom. The van der Waals surface area contributed by atoms with Gasteiger partial charge in [0.1, 0.15) is 56.0 Å². The number of nitrogens with zero attached hydrogens (tertiary/aromatic N) is 4. The monoisotopic (exact) mass is 1210 g/mol. The molecule has 482 valence electrons. The molecule has 0 fully saturated rings. The number of carbonyl (C=O) groups is 4. The van der Waals surface area contributed by atoms with E-state index in [1.54, 1.807) is 0 Å². The summed E-state index contributed by atoms with van der Waals surface area (Å²) in [6.07, 6.45) is 8.11. The van der Waals surface area contributed by atoms with Crippen LogP contribution in [0.5, 0.6) is 0 Å². The second kappa shape index (κ2) is 36.2. The largest absolute Gasteiger partial charge is 0.463 e. The second-order valence-corrected chi connectivity index (χ2v) is 27.8. The molecule has 0 aliphatic heterocycles. The van der Waals surface area contributed by atoms with E-state index >= 15 is 0 Å². The summed E-state index contributed by atoms with van der Waals surface area (Å²) in [5, 5.41) is 0. The van der Waals surface area contributed by atoms with Crippen LogP contribution in [0, 0.1) is 46.8 Å². The molecule has 0 bridgehead atoms. The molecule has 0 N–H and O–H groups in total. The maximum atomic E-state index is 14.6. The number of esters is 4. The quantitative estimate of drug-likeness (QED) is 0.0250. The van der Waals surface area contributed by atoms with Gasteiger partial charge >= 0.3 is 23.9 Å². The van der Waals surface area contributed by atoms with Crippen molar-refractivity contribution >= 4 is 48.2 Å². The van der Waals surface area contributed by atoms with Crippen LogP contribution in [0.1, 0.15) is 207 Å². The van der Waals surface area contributed by atoms with E-state index in [1.807, 2.05) is 81.0 Å². The van der Waals surface area contributed by atoms with Crippen molar-refractivity contribution in [3.05, 3.63) is 142 Å². The second-order valence-electron chi connectivity index (χ2n) is 27.8. The van der Waals surface area contributed by atoms with Crippen molar-refractivity contribution < 1.29 is 38.1 Å². The molecule has 4 aromatic carbocycles. The summed E-state index contributed by atoms with van der Waals surface area (Å²) in [6.45, 7) is 38.7. The van der Waals surface area contributed by atoms with Gasteiger partial charge in [0, 0.05) is 30.8 Å². The molecular formula is C76H110N4O8. The van der Waals surface area contributed by atoms with E-state index in [0.717, 1.165) is 47.2 Å². The lowest BCUT2D eigenvalue weighted by Gasteiger charge is -2.33. The van der Waals surface area contributed by atoms with Crippen LogP contribution in [0.25, 0.3) is 0 Å².